The molecular formula is C11H19N3O3S. The van der Waals surface area contributed by atoms with E-state index < -0.39 is 10.0 Å². The summed E-state index contributed by atoms with van der Waals surface area (Å²) >= 11 is 0. The van der Waals surface area contributed by atoms with Gasteiger partial charge in [0.25, 0.3) is 0 Å². The summed E-state index contributed by atoms with van der Waals surface area (Å²) in [5.74, 6) is 0. The third kappa shape index (κ3) is 2.92. The molecule has 0 saturated carbocycles. The maximum atomic E-state index is 12.4. The fraction of sp³-hybridized carbons (Fsp3) is 0.636. The van der Waals surface area contributed by atoms with Gasteiger partial charge in [-0.25, -0.2) is 8.42 Å². The Morgan fingerprint density at radius 1 is 1.44 bits per heavy atom. The SMILES string of the molecule is CNCc1cc(S(=O)(=O)N2CCCOCC2)c[nH]1. The number of nitrogens with zero attached hydrogens (tertiary/aromatic N) is 1. The van der Waals surface area contributed by atoms with E-state index in [1.807, 2.05) is 7.05 Å². The van der Waals surface area contributed by atoms with Gasteiger partial charge in [0.2, 0.25) is 10.0 Å². The van der Waals surface area contributed by atoms with Crippen molar-refractivity contribution in [2.24, 2.45) is 0 Å². The van der Waals surface area contributed by atoms with Crippen molar-refractivity contribution in [3.05, 3.63) is 18.0 Å². The molecule has 0 atom stereocenters. The topological polar surface area (TPSA) is 74.4 Å². The summed E-state index contributed by atoms with van der Waals surface area (Å²) in [7, 11) is -1.57. The second-order valence-corrected chi connectivity index (χ2v) is 6.20. The van der Waals surface area contributed by atoms with E-state index in [4.69, 9.17) is 4.74 Å². The van der Waals surface area contributed by atoms with Crippen molar-refractivity contribution in [1.29, 1.82) is 0 Å². The van der Waals surface area contributed by atoms with Gasteiger partial charge in [0.1, 0.15) is 0 Å². The van der Waals surface area contributed by atoms with E-state index in [9.17, 15) is 8.42 Å². The largest absolute Gasteiger partial charge is 0.380 e. The van der Waals surface area contributed by atoms with Gasteiger partial charge in [0.05, 0.1) is 11.5 Å². The average molecular weight is 273 g/mol. The summed E-state index contributed by atoms with van der Waals surface area (Å²) in [6.45, 7) is 2.67. The van der Waals surface area contributed by atoms with Gasteiger partial charge >= 0.3 is 0 Å². The van der Waals surface area contributed by atoms with Gasteiger partial charge in [-0.2, -0.15) is 4.31 Å². The fourth-order valence-corrected chi connectivity index (χ4v) is 3.45. The third-order valence-corrected chi connectivity index (χ3v) is 4.78. The molecule has 18 heavy (non-hydrogen) atoms. The lowest BCUT2D eigenvalue weighted by Gasteiger charge is -2.18. The number of rotatable bonds is 4. The van der Waals surface area contributed by atoms with Crippen LogP contribution in [0.5, 0.6) is 0 Å². The lowest BCUT2D eigenvalue weighted by molar-refractivity contribution is 0.148. The van der Waals surface area contributed by atoms with Crippen LogP contribution in [0, 0.1) is 0 Å². The van der Waals surface area contributed by atoms with Gasteiger partial charge in [0.15, 0.2) is 0 Å². The van der Waals surface area contributed by atoms with Gasteiger partial charge in [-0.05, 0) is 19.5 Å². The first-order valence-electron chi connectivity index (χ1n) is 6.04. The number of ether oxygens (including phenoxy) is 1. The summed E-state index contributed by atoms with van der Waals surface area (Å²) in [5, 5.41) is 2.98. The number of sulfonamides is 1. The van der Waals surface area contributed by atoms with Crippen LogP contribution >= 0.6 is 0 Å². The van der Waals surface area contributed by atoms with Crippen LogP contribution in [-0.2, 0) is 21.3 Å². The second-order valence-electron chi connectivity index (χ2n) is 4.26. The molecule has 2 N–H and O–H groups in total. The third-order valence-electron chi connectivity index (χ3n) is 2.90. The van der Waals surface area contributed by atoms with Crippen molar-refractivity contribution >= 4 is 10.0 Å². The van der Waals surface area contributed by atoms with Gasteiger partial charge in [-0.1, -0.05) is 0 Å². The minimum atomic E-state index is -3.39. The molecule has 0 radical (unpaired) electrons. The van der Waals surface area contributed by atoms with Crippen LogP contribution in [0.2, 0.25) is 0 Å². The number of hydrogen-bond donors (Lipinski definition) is 2. The smallest absolute Gasteiger partial charge is 0.244 e. The van der Waals surface area contributed by atoms with Crippen LogP contribution in [0.1, 0.15) is 12.1 Å². The Morgan fingerprint density at radius 2 is 2.28 bits per heavy atom. The van der Waals surface area contributed by atoms with E-state index >= 15 is 0 Å². The van der Waals surface area contributed by atoms with E-state index in [2.05, 4.69) is 10.3 Å². The molecule has 1 saturated heterocycles. The maximum Gasteiger partial charge on any atom is 0.244 e. The first kappa shape index (κ1) is 13.5. The average Bonchev–Trinajstić information content (AvgIpc) is 2.65. The second kappa shape index (κ2) is 5.83. The van der Waals surface area contributed by atoms with E-state index in [1.165, 1.54) is 4.31 Å². The summed E-state index contributed by atoms with van der Waals surface area (Å²) in [4.78, 5) is 3.30. The van der Waals surface area contributed by atoms with Crippen LogP contribution in [0.4, 0.5) is 0 Å². The standard InChI is InChI=1S/C11H19N3O3S/c1-12-8-10-7-11(9-13-10)18(15,16)14-3-2-5-17-6-4-14/h7,9,12-13H,2-6,8H2,1H3. The monoisotopic (exact) mass is 273 g/mol. The Bertz CT molecular complexity index is 475. The molecule has 0 aliphatic carbocycles. The lowest BCUT2D eigenvalue weighted by atomic mass is 10.4. The zero-order valence-corrected chi connectivity index (χ0v) is 11.3. The van der Waals surface area contributed by atoms with E-state index in [0.717, 1.165) is 12.1 Å². The Morgan fingerprint density at radius 3 is 3.06 bits per heavy atom. The van der Waals surface area contributed by atoms with Crippen LogP contribution in [0.15, 0.2) is 17.2 Å². The van der Waals surface area contributed by atoms with E-state index in [-0.39, 0.29) is 0 Å². The molecule has 0 amide bonds. The normalized spacial score (nSPS) is 18.7. The predicted molar refractivity (Wildman–Crippen MR) is 67.8 cm³/mol. The van der Waals surface area contributed by atoms with Crippen molar-refractivity contribution in [3.63, 3.8) is 0 Å². The minimum absolute atomic E-state index is 0.328. The van der Waals surface area contributed by atoms with Crippen molar-refractivity contribution < 1.29 is 13.2 Å². The number of nitrogens with one attached hydrogen (secondary N) is 2. The predicted octanol–water partition coefficient (Wildman–Crippen LogP) is 0.145. The number of aromatic amines is 1. The molecule has 102 valence electrons. The quantitative estimate of drug-likeness (QED) is 0.818. The van der Waals surface area contributed by atoms with Crippen molar-refractivity contribution in [3.8, 4) is 0 Å². The van der Waals surface area contributed by atoms with Gasteiger partial charge in [0, 0.05) is 38.1 Å². The summed E-state index contributed by atoms with van der Waals surface area (Å²) in [5.41, 5.74) is 0.863. The summed E-state index contributed by atoms with van der Waals surface area (Å²) < 4.78 is 31.5. The van der Waals surface area contributed by atoms with Gasteiger partial charge in [-0.3, -0.25) is 0 Å². The molecule has 0 spiro atoms. The number of hydrogen-bond acceptors (Lipinski definition) is 4. The van der Waals surface area contributed by atoms with Gasteiger partial charge < -0.3 is 15.0 Å². The molecule has 0 bridgehead atoms. The Kier molecular flexibility index (Phi) is 4.39. The highest BCUT2D eigenvalue weighted by molar-refractivity contribution is 7.89. The van der Waals surface area contributed by atoms with Gasteiger partial charge in [-0.15, -0.1) is 0 Å². The number of aromatic nitrogens is 1. The van der Waals surface area contributed by atoms with Crippen molar-refractivity contribution in [1.82, 2.24) is 14.6 Å². The van der Waals surface area contributed by atoms with Crippen LogP contribution in [0.3, 0.4) is 0 Å². The Hall–Kier alpha value is -0.890. The molecule has 1 aromatic rings. The van der Waals surface area contributed by atoms with Crippen LogP contribution < -0.4 is 5.32 Å². The van der Waals surface area contributed by atoms with Crippen molar-refractivity contribution in [2.45, 2.75) is 17.9 Å². The molecule has 0 unspecified atom stereocenters. The molecule has 1 aliphatic rings. The highest BCUT2D eigenvalue weighted by Crippen LogP contribution is 2.18. The minimum Gasteiger partial charge on any atom is -0.380 e. The van der Waals surface area contributed by atoms with E-state index in [0.29, 0.717) is 37.7 Å². The first-order chi connectivity index (χ1) is 8.64. The first-order valence-corrected chi connectivity index (χ1v) is 7.48. The Labute approximate surface area is 107 Å². The highest BCUT2D eigenvalue weighted by Gasteiger charge is 2.26. The summed E-state index contributed by atoms with van der Waals surface area (Å²) in [6, 6.07) is 1.68. The lowest BCUT2D eigenvalue weighted by Crippen LogP contribution is -2.33. The molecule has 6 nitrogen and oxygen atoms in total. The molecule has 0 aromatic carbocycles. The van der Waals surface area contributed by atoms with E-state index in [1.54, 1.807) is 12.3 Å². The van der Waals surface area contributed by atoms with Crippen LogP contribution in [0.25, 0.3) is 0 Å². The highest BCUT2D eigenvalue weighted by atomic mass is 32.2. The molecule has 1 aliphatic heterocycles. The number of H-pyrrole nitrogens is 1. The molecule has 2 heterocycles. The molecule has 7 heteroatoms. The summed E-state index contributed by atoms with van der Waals surface area (Å²) in [6.07, 6.45) is 2.29. The van der Waals surface area contributed by atoms with Crippen LogP contribution in [-0.4, -0.2) is 51.1 Å². The molecule has 2 rings (SSSR count). The fourth-order valence-electron chi connectivity index (χ4n) is 1.97. The molecule has 1 fully saturated rings. The molecular weight excluding hydrogens is 254 g/mol. The maximum absolute atomic E-state index is 12.4. The zero-order chi connectivity index (χ0) is 13.0. The zero-order valence-electron chi connectivity index (χ0n) is 10.5. The molecule has 1 aromatic heterocycles. The van der Waals surface area contributed by atoms with Crippen molar-refractivity contribution in [2.75, 3.05) is 33.4 Å². The Balaban J connectivity index is 2.17.